The molecule has 1 aliphatic heterocycles. The van der Waals surface area contributed by atoms with E-state index in [2.05, 4.69) is 40.2 Å². The molecule has 0 spiro atoms. The van der Waals surface area contributed by atoms with Gasteiger partial charge in [-0.05, 0) is 49.6 Å². The average Bonchev–Trinajstić information content (AvgIpc) is 3.24. The van der Waals surface area contributed by atoms with Gasteiger partial charge >= 0.3 is 0 Å². The first-order valence-electron chi connectivity index (χ1n) is 11.2. The smallest absolute Gasteiger partial charge is 0.287 e. The van der Waals surface area contributed by atoms with E-state index < -0.39 is 0 Å². The van der Waals surface area contributed by atoms with Crippen molar-refractivity contribution in [3.05, 3.63) is 64.9 Å². The second kappa shape index (κ2) is 10.2. The average molecular weight is 440 g/mol. The lowest BCUT2D eigenvalue weighted by atomic mass is 10.1. The van der Waals surface area contributed by atoms with Gasteiger partial charge in [0.1, 0.15) is 5.58 Å². The van der Waals surface area contributed by atoms with E-state index in [9.17, 15) is 4.79 Å². The van der Waals surface area contributed by atoms with Crippen LogP contribution in [0, 0.1) is 0 Å². The Balaban J connectivity index is 1.16. The minimum atomic E-state index is -0.143. The number of amides is 1. The summed E-state index contributed by atoms with van der Waals surface area (Å²) in [4.78, 5) is 17.2. The van der Waals surface area contributed by atoms with Crippen molar-refractivity contribution < 1.29 is 9.21 Å². The molecule has 1 saturated heterocycles. The summed E-state index contributed by atoms with van der Waals surface area (Å²) in [7, 11) is 0. The molecule has 0 radical (unpaired) electrons. The normalized spacial score (nSPS) is 14.8. The third-order valence-electron chi connectivity index (χ3n) is 5.99. The number of unbranched alkanes of at least 4 members (excludes halogenated alkanes) is 1. The minimum Gasteiger partial charge on any atom is -0.451 e. The topological polar surface area (TPSA) is 48.7 Å². The van der Waals surface area contributed by atoms with Crippen LogP contribution in [0.4, 0.5) is 5.69 Å². The number of hydrogen-bond acceptors (Lipinski definition) is 4. The number of carbonyl (C=O) groups is 1. The Morgan fingerprint density at radius 2 is 1.87 bits per heavy atom. The van der Waals surface area contributed by atoms with Crippen LogP contribution >= 0.6 is 11.6 Å². The van der Waals surface area contributed by atoms with E-state index in [-0.39, 0.29) is 5.91 Å². The van der Waals surface area contributed by atoms with Crippen LogP contribution in [0.2, 0.25) is 5.02 Å². The fourth-order valence-electron chi connectivity index (χ4n) is 4.14. The molecule has 31 heavy (non-hydrogen) atoms. The van der Waals surface area contributed by atoms with Gasteiger partial charge in [-0.3, -0.25) is 9.69 Å². The van der Waals surface area contributed by atoms with Gasteiger partial charge in [0.15, 0.2) is 5.76 Å². The Kier molecular flexibility index (Phi) is 7.15. The molecule has 1 fully saturated rings. The van der Waals surface area contributed by atoms with Gasteiger partial charge in [0, 0.05) is 38.1 Å². The molecule has 1 N–H and O–H groups in total. The number of aryl methyl sites for hydroxylation is 1. The third kappa shape index (κ3) is 5.23. The lowest BCUT2D eigenvalue weighted by molar-refractivity contribution is 0.0927. The van der Waals surface area contributed by atoms with Crippen LogP contribution in [0.15, 0.2) is 52.9 Å². The fraction of sp³-hybridized carbons (Fsp3) is 0.400. The summed E-state index contributed by atoms with van der Waals surface area (Å²) in [6.45, 7) is 7.93. The van der Waals surface area contributed by atoms with Crippen molar-refractivity contribution in [2.24, 2.45) is 0 Å². The van der Waals surface area contributed by atoms with Crippen LogP contribution in [0.1, 0.15) is 35.9 Å². The van der Waals surface area contributed by atoms with Gasteiger partial charge in [-0.25, -0.2) is 0 Å². The number of fused-ring (bicyclic) bond motifs is 1. The van der Waals surface area contributed by atoms with E-state index in [1.807, 2.05) is 24.3 Å². The van der Waals surface area contributed by atoms with Crippen molar-refractivity contribution in [1.29, 1.82) is 0 Å². The number of para-hydroxylation sites is 1. The summed E-state index contributed by atoms with van der Waals surface area (Å²) in [6.07, 6.45) is 2.97. The van der Waals surface area contributed by atoms with Crippen molar-refractivity contribution in [1.82, 2.24) is 10.2 Å². The van der Waals surface area contributed by atoms with Gasteiger partial charge in [0.05, 0.1) is 10.7 Å². The molecule has 0 bridgehead atoms. The largest absolute Gasteiger partial charge is 0.451 e. The SMILES string of the molecule is CCc1cccc(N2CCN(CCCCNC(=O)c3cc4ccccc4o3)CC2)c1Cl. The van der Waals surface area contributed by atoms with Crippen molar-refractivity contribution in [3.63, 3.8) is 0 Å². The molecular formula is C25H30ClN3O2. The zero-order chi connectivity index (χ0) is 21.6. The molecule has 0 atom stereocenters. The number of nitrogens with zero attached hydrogens (tertiary/aromatic N) is 2. The molecular weight excluding hydrogens is 410 g/mol. The van der Waals surface area contributed by atoms with Gasteiger partial charge in [0.25, 0.3) is 5.91 Å². The summed E-state index contributed by atoms with van der Waals surface area (Å²) < 4.78 is 5.62. The summed E-state index contributed by atoms with van der Waals surface area (Å²) in [6, 6.07) is 15.8. The summed E-state index contributed by atoms with van der Waals surface area (Å²) in [5.41, 5.74) is 3.12. The number of rotatable bonds is 8. The van der Waals surface area contributed by atoms with Crippen molar-refractivity contribution in [2.45, 2.75) is 26.2 Å². The molecule has 2 heterocycles. The van der Waals surface area contributed by atoms with Gasteiger partial charge in [-0.1, -0.05) is 48.9 Å². The number of nitrogens with one attached hydrogen (secondary N) is 1. The Morgan fingerprint density at radius 1 is 1.06 bits per heavy atom. The molecule has 4 rings (SSSR count). The van der Waals surface area contributed by atoms with Crippen molar-refractivity contribution in [3.8, 4) is 0 Å². The molecule has 1 aromatic heterocycles. The van der Waals surface area contributed by atoms with Gasteiger partial charge in [-0.2, -0.15) is 0 Å². The molecule has 3 aromatic rings. The minimum absolute atomic E-state index is 0.143. The maximum absolute atomic E-state index is 12.3. The Labute approximate surface area is 189 Å². The highest BCUT2D eigenvalue weighted by Crippen LogP contribution is 2.30. The predicted octanol–water partition coefficient (Wildman–Crippen LogP) is 4.98. The van der Waals surface area contributed by atoms with E-state index in [1.165, 1.54) is 5.56 Å². The van der Waals surface area contributed by atoms with E-state index in [0.29, 0.717) is 12.3 Å². The standard InChI is InChI=1S/C25H30ClN3O2/c1-2-19-9-7-10-21(24(19)26)29-16-14-28(15-17-29)13-6-5-12-27-25(30)23-18-20-8-3-4-11-22(20)31-23/h3-4,7-11,18H,2,5-6,12-17H2,1H3,(H,27,30). The lowest BCUT2D eigenvalue weighted by Crippen LogP contribution is -2.46. The van der Waals surface area contributed by atoms with Crippen molar-refractivity contribution >= 4 is 34.2 Å². The van der Waals surface area contributed by atoms with Crippen LogP contribution in [-0.2, 0) is 6.42 Å². The first-order valence-corrected chi connectivity index (χ1v) is 11.5. The molecule has 1 amide bonds. The maximum atomic E-state index is 12.3. The van der Waals surface area contributed by atoms with E-state index >= 15 is 0 Å². The highest BCUT2D eigenvalue weighted by molar-refractivity contribution is 6.34. The van der Waals surface area contributed by atoms with E-state index in [0.717, 1.165) is 73.7 Å². The first-order chi connectivity index (χ1) is 15.2. The lowest BCUT2D eigenvalue weighted by Gasteiger charge is -2.36. The second-order valence-corrected chi connectivity index (χ2v) is 8.42. The van der Waals surface area contributed by atoms with Gasteiger partial charge in [0.2, 0.25) is 0 Å². The van der Waals surface area contributed by atoms with Crippen LogP contribution < -0.4 is 10.2 Å². The number of hydrogen-bond donors (Lipinski definition) is 1. The molecule has 6 heteroatoms. The van der Waals surface area contributed by atoms with Gasteiger partial charge < -0.3 is 14.6 Å². The van der Waals surface area contributed by atoms with Crippen LogP contribution in [0.3, 0.4) is 0 Å². The zero-order valence-corrected chi connectivity index (χ0v) is 18.8. The summed E-state index contributed by atoms with van der Waals surface area (Å²) in [5, 5.41) is 4.82. The molecule has 1 aliphatic rings. The number of furan rings is 1. The summed E-state index contributed by atoms with van der Waals surface area (Å²) in [5.74, 6) is 0.235. The number of carbonyl (C=O) groups excluding carboxylic acids is 1. The number of piperazine rings is 1. The Hall–Kier alpha value is -2.50. The number of anilines is 1. The monoisotopic (exact) mass is 439 g/mol. The maximum Gasteiger partial charge on any atom is 0.287 e. The zero-order valence-electron chi connectivity index (χ0n) is 18.1. The molecule has 5 nitrogen and oxygen atoms in total. The molecule has 0 saturated carbocycles. The Bertz CT molecular complexity index is 992. The highest BCUT2D eigenvalue weighted by Gasteiger charge is 2.19. The number of benzene rings is 2. The Morgan fingerprint density at radius 3 is 2.65 bits per heavy atom. The van der Waals surface area contributed by atoms with Crippen LogP contribution in [0.25, 0.3) is 11.0 Å². The first kappa shape index (κ1) is 21.7. The van der Waals surface area contributed by atoms with E-state index in [1.54, 1.807) is 6.07 Å². The predicted molar refractivity (Wildman–Crippen MR) is 127 cm³/mol. The quantitative estimate of drug-likeness (QED) is 0.503. The fourth-order valence-corrected chi connectivity index (χ4v) is 4.52. The molecule has 164 valence electrons. The molecule has 2 aromatic carbocycles. The molecule has 0 aliphatic carbocycles. The van der Waals surface area contributed by atoms with Crippen LogP contribution in [-0.4, -0.2) is 50.1 Å². The van der Waals surface area contributed by atoms with Crippen LogP contribution in [0.5, 0.6) is 0 Å². The highest BCUT2D eigenvalue weighted by atomic mass is 35.5. The third-order valence-corrected chi connectivity index (χ3v) is 6.42. The van der Waals surface area contributed by atoms with Crippen molar-refractivity contribution in [2.75, 3.05) is 44.2 Å². The van der Waals surface area contributed by atoms with Gasteiger partial charge in [-0.15, -0.1) is 0 Å². The second-order valence-electron chi connectivity index (χ2n) is 8.04. The van der Waals surface area contributed by atoms with E-state index in [4.69, 9.17) is 16.0 Å². The number of halogens is 1. The summed E-state index contributed by atoms with van der Waals surface area (Å²) >= 11 is 6.59. The molecule has 0 unspecified atom stereocenters.